The van der Waals surface area contributed by atoms with Crippen molar-refractivity contribution in [2.75, 3.05) is 0 Å². The maximum atomic E-state index is 11.9. The van der Waals surface area contributed by atoms with E-state index in [9.17, 15) is 9.59 Å². The lowest BCUT2D eigenvalue weighted by Crippen LogP contribution is -2.40. The van der Waals surface area contributed by atoms with Gasteiger partial charge in [-0.15, -0.1) is 0 Å². The Hall–Kier alpha value is -1.62. The second-order valence-electron chi connectivity index (χ2n) is 4.94. The van der Waals surface area contributed by atoms with E-state index < -0.39 is 0 Å². The van der Waals surface area contributed by atoms with Gasteiger partial charge in [-0.05, 0) is 38.7 Å². The summed E-state index contributed by atoms with van der Waals surface area (Å²) in [5.74, 6) is -0.197. The van der Waals surface area contributed by atoms with Crippen LogP contribution in [0.15, 0.2) is 12.3 Å². The third kappa shape index (κ3) is 2.98. The monoisotopic (exact) mass is 249 g/mol. The molecule has 2 rings (SSSR count). The Balaban J connectivity index is 1.93. The summed E-state index contributed by atoms with van der Waals surface area (Å²) in [5, 5.41) is 2.97. The summed E-state index contributed by atoms with van der Waals surface area (Å²) in [6, 6.07) is 2.06. The molecule has 18 heavy (non-hydrogen) atoms. The molecule has 1 saturated carbocycles. The molecule has 1 aromatic heterocycles. The van der Waals surface area contributed by atoms with Gasteiger partial charge in [0.25, 0.3) is 5.91 Å². The Morgan fingerprint density at radius 2 is 2.00 bits per heavy atom. The van der Waals surface area contributed by atoms with Crippen LogP contribution in [0, 0.1) is 0 Å². The van der Waals surface area contributed by atoms with Crippen LogP contribution in [0.5, 0.6) is 0 Å². The summed E-state index contributed by atoms with van der Waals surface area (Å²) in [5.41, 5.74) is 6.79. The molecule has 0 unspecified atom stereocenters. The molecular formula is C13H19N3O2. The number of hydrogen-bond donors (Lipinski definition) is 3. The third-order valence-corrected chi connectivity index (χ3v) is 3.44. The lowest BCUT2D eigenvalue weighted by molar-refractivity contribution is 0.0921. The smallest absolute Gasteiger partial charge is 0.267 e. The number of hydrogen-bond acceptors (Lipinski definition) is 3. The van der Waals surface area contributed by atoms with Crippen LogP contribution < -0.4 is 11.1 Å². The number of nitrogens with one attached hydrogen (secondary N) is 2. The summed E-state index contributed by atoms with van der Waals surface area (Å²) in [6.07, 6.45) is 5.32. The van der Waals surface area contributed by atoms with E-state index >= 15 is 0 Å². The van der Waals surface area contributed by atoms with Crippen molar-refractivity contribution in [1.82, 2.24) is 10.3 Å². The average molecular weight is 249 g/mol. The van der Waals surface area contributed by atoms with Gasteiger partial charge in [0.05, 0.1) is 0 Å². The Morgan fingerprint density at radius 3 is 2.56 bits per heavy atom. The van der Waals surface area contributed by atoms with Crippen LogP contribution in [-0.2, 0) is 0 Å². The SMILES string of the molecule is CC(=O)c1c[nH]c(C(=O)NC2CCC(N)CC2)c1. The maximum Gasteiger partial charge on any atom is 0.267 e. The highest BCUT2D eigenvalue weighted by Crippen LogP contribution is 2.17. The number of amides is 1. The molecule has 0 saturated heterocycles. The number of rotatable bonds is 3. The fourth-order valence-electron chi connectivity index (χ4n) is 2.26. The van der Waals surface area contributed by atoms with Crippen molar-refractivity contribution in [2.24, 2.45) is 5.73 Å². The number of Topliss-reactive ketones (excluding diaryl/α,β-unsaturated/α-hetero) is 1. The van der Waals surface area contributed by atoms with Crippen LogP contribution in [-0.4, -0.2) is 28.8 Å². The number of nitrogens with two attached hydrogens (primary N) is 1. The molecule has 0 bridgehead atoms. The zero-order chi connectivity index (χ0) is 13.1. The minimum absolute atomic E-state index is 0.0473. The minimum Gasteiger partial charge on any atom is -0.356 e. The van der Waals surface area contributed by atoms with Gasteiger partial charge >= 0.3 is 0 Å². The first kappa shape index (κ1) is 12.8. The van der Waals surface area contributed by atoms with Gasteiger partial charge in [0.2, 0.25) is 0 Å². The summed E-state index contributed by atoms with van der Waals surface area (Å²) in [4.78, 5) is 25.9. The minimum atomic E-state index is -0.150. The molecule has 98 valence electrons. The number of H-pyrrole nitrogens is 1. The van der Waals surface area contributed by atoms with Crippen molar-refractivity contribution in [3.05, 3.63) is 23.5 Å². The zero-order valence-corrected chi connectivity index (χ0v) is 10.5. The standard InChI is InChI=1S/C13H19N3O2/c1-8(17)9-6-12(15-7-9)13(18)16-11-4-2-10(14)3-5-11/h6-7,10-11,15H,2-5,14H2,1H3,(H,16,18). The van der Waals surface area contributed by atoms with Gasteiger partial charge in [0.15, 0.2) is 5.78 Å². The second kappa shape index (κ2) is 5.35. The van der Waals surface area contributed by atoms with E-state index in [-0.39, 0.29) is 23.8 Å². The third-order valence-electron chi connectivity index (χ3n) is 3.44. The van der Waals surface area contributed by atoms with Gasteiger partial charge in [-0.2, -0.15) is 0 Å². The zero-order valence-electron chi connectivity index (χ0n) is 10.5. The molecule has 4 N–H and O–H groups in total. The maximum absolute atomic E-state index is 11.9. The predicted octanol–water partition coefficient (Wildman–Crippen LogP) is 1.22. The number of carbonyl (C=O) groups is 2. The van der Waals surface area contributed by atoms with E-state index in [0.29, 0.717) is 11.3 Å². The molecule has 1 amide bonds. The summed E-state index contributed by atoms with van der Waals surface area (Å²) in [6.45, 7) is 1.48. The van der Waals surface area contributed by atoms with Gasteiger partial charge in [0.1, 0.15) is 5.69 Å². The fraction of sp³-hybridized carbons (Fsp3) is 0.538. The number of aromatic amines is 1. The molecule has 1 aliphatic carbocycles. The lowest BCUT2D eigenvalue weighted by atomic mass is 9.92. The van der Waals surface area contributed by atoms with Crippen molar-refractivity contribution in [3.63, 3.8) is 0 Å². The highest BCUT2D eigenvalue weighted by atomic mass is 16.2. The first-order chi connectivity index (χ1) is 8.56. The first-order valence-electron chi connectivity index (χ1n) is 6.32. The fourth-order valence-corrected chi connectivity index (χ4v) is 2.26. The molecule has 0 aliphatic heterocycles. The molecule has 0 atom stereocenters. The molecule has 1 aliphatic rings. The highest BCUT2D eigenvalue weighted by molar-refractivity contribution is 5.99. The quantitative estimate of drug-likeness (QED) is 0.704. The summed E-state index contributed by atoms with van der Waals surface area (Å²) in [7, 11) is 0. The Bertz CT molecular complexity index is 445. The lowest BCUT2D eigenvalue weighted by Gasteiger charge is -2.26. The Labute approximate surface area is 106 Å². The van der Waals surface area contributed by atoms with Crippen molar-refractivity contribution in [1.29, 1.82) is 0 Å². The number of carbonyl (C=O) groups excluding carboxylic acids is 2. The molecular weight excluding hydrogens is 230 g/mol. The molecule has 0 radical (unpaired) electrons. The van der Waals surface area contributed by atoms with E-state index in [1.807, 2.05) is 0 Å². The molecule has 0 spiro atoms. The van der Waals surface area contributed by atoms with E-state index in [1.54, 1.807) is 12.3 Å². The second-order valence-corrected chi connectivity index (χ2v) is 4.94. The number of ketones is 1. The predicted molar refractivity (Wildman–Crippen MR) is 68.5 cm³/mol. The van der Waals surface area contributed by atoms with Crippen LogP contribution in [0.3, 0.4) is 0 Å². The van der Waals surface area contributed by atoms with Gasteiger partial charge < -0.3 is 16.0 Å². The van der Waals surface area contributed by atoms with E-state index in [2.05, 4.69) is 10.3 Å². The van der Waals surface area contributed by atoms with Gasteiger partial charge in [-0.25, -0.2) is 0 Å². The molecule has 1 heterocycles. The molecule has 5 heteroatoms. The van der Waals surface area contributed by atoms with E-state index in [4.69, 9.17) is 5.73 Å². The summed E-state index contributed by atoms with van der Waals surface area (Å²) < 4.78 is 0. The van der Waals surface area contributed by atoms with Crippen LogP contribution in [0.2, 0.25) is 0 Å². The Morgan fingerprint density at radius 1 is 1.33 bits per heavy atom. The molecule has 1 aromatic rings. The van der Waals surface area contributed by atoms with Crippen LogP contribution in [0.1, 0.15) is 53.5 Å². The van der Waals surface area contributed by atoms with Crippen LogP contribution in [0.25, 0.3) is 0 Å². The number of aromatic nitrogens is 1. The van der Waals surface area contributed by atoms with Crippen LogP contribution >= 0.6 is 0 Å². The molecule has 5 nitrogen and oxygen atoms in total. The molecule has 0 aromatic carbocycles. The van der Waals surface area contributed by atoms with E-state index in [0.717, 1.165) is 25.7 Å². The first-order valence-corrected chi connectivity index (χ1v) is 6.32. The highest BCUT2D eigenvalue weighted by Gasteiger charge is 2.21. The van der Waals surface area contributed by atoms with Crippen molar-refractivity contribution in [3.8, 4) is 0 Å². The van der Waals surface area contributed by atoms with Crippen molar-refractivity contribution >= 4 is 11.7 Å². The molecule has 1 fully saturated rings. The van der Waals surface area contributed by atoms with Crippen molar-refractivity contribution in [2.45, 2.75) is 44.7 Å². The average Bonchev–Trinajstić information content (AvgIpc) is 2.81. The van der Waals surface area contributed by atoms with Crippen LogP contribution in [0.4, 0.5) is 0 Å². The van der Waals surface area contributed by atoms with Gasteiger partial charge in [0, 0.05) is 23.8 Å². The van der Waals surface area contributed by atoms with Crippen molar-refractivity contribution < 1.29 is 9.59 Å². The largest absolute Gasteiger partial charge is 0.356 e. The van der Waals surface area contributed by atoms with E-state index in [1.165, 1.54) is 6.92 Å². The Kier molecular flexibility index (Phi) is 3.81. The topological polar surface area (TPSA) is 88.0 Å². The van der Waals surface area contributed by atoms with Gasteiger partial charge in [-0.1, -0.05) is 0 Å². The van der Waals surface area contributed by atoms with Gasteiger partial charge in [-0.3, -0.25) is 9.59 Å². The summed E-state index contributed by atoms with van der Waals surface area (Å²) >= 11 is 0. The normalized spacial score (nSPS) is 23.7.